The minimum absolute atomic E-state index is 0.292. The molecule has 3 aromatic rings. The fourth-order valence-electron chi connectivity index (χ4n) is 3.09. The van der Waals surface area contributed by atoms with E-state index in [1.807, 2.05) is 30.3 Å². The van der Waals surface area contributed by atoms with E-state index in [0.29, 0.717) is 33.0 Å². The third-order valence-electron chi connectivity index (χ3n) is 4.65. The summed E-state index contributed by atoms with van der Waals surface area (Å²) in [5.74, 6) is 0.431. The Balaban J connectivity index is 1.53. The Bertz CT molecular complexity index is 1210. The van der Waals surface area contributed by atoms with Gasteiger partial charge in [0, 0.05) is 4.47 Å². The number of anilines is 1. The first-order valence-corrected chi connectivity index (χ1v) is 11.5. The average Bonchev–Trinajstić information content (AvgIpc) is 3.06. The lowest BCUT2D eigenvalue weighted by molar-refractivity contribution is -0.113. The van der Waals surface area contributed by atoms with Gasteiger partial charge in [-0.15, -0.1) is 0 Å². The molecule has 0 aliphatic carbocycles. The molecule has 1 saturated heterocycles. The molecule has 4 nitrogen and oxygen atoms in total. The number of hydrogen-bond donors (Lipinski definition) is 0. The predicted molar refractivity (Wildman–Crippen MR) is 134 cm³/mol. The Hall–Kier alpha value is -2.68. The zero-order valence-corrected chi connectivity index (χ0v) is 20.1. The molecule has 0 radical (unpaired) electrons. The second-order valence-corrected chi connectivity index (χ2v) is 9.41. The number of rotatable bonds is 6. The van der Waals surface area contributed by atoms with Crippen LogP contribution in [0.4, 0.5) is 10.1 Å². The summed E-state index contributed by atoms with van der Waals surface area (Å²) in [7, 11) is 1.56. The van der Waals surface area contributed by atoms with E-state index in [4.69, 9.17) is 21.7 Å². The van der Waals surface area contributed by atoms with Gasteiger partial charge in [0.15, 0.2) is 15.8 Å². The van der Waals surface area contributed by atoms with E-state index in [0.717, 1.165) is 15.6 Å². The molecule has 1 amide bonds. The Morgan fingerprint density at radius 1 is 1.09 bits per heavy atom. The second kappa shape index (κ2) is 9.85. The van der Waals surface area contributed by atoms with Crippen LogP contribution in [0.25, 0.3) is 6.08 Å². The Labute approximate surface area is 203 Å². The zero-order chi connectivity index (χ0) is 22.7. The minimum atomic E-state index is -0.427. The van der Waals surface area contributed by atoms with Crippen LogP contribution in [-0.4, -0.2) is 17.3 Å². The van der Waals surface area contributed by atoms with Crippen molar-refractivity contribution in [2.45, 2.75) is 6.61 Å². The first-order valence-electron chi connectivity index (χ1n) is 9.53. The van der Waals surface area contributed by atoms with Crippen LogP contribution in [0.1, 0.15) is 11.1 Å². The number of thioether (sulfide) groups is 1. The highest BCUT2D eigenvalue weighted by atomic mass is 79.9. The summed E-state index contributed by atoms with van der Waals surface area (Å²) in [5.41, 5.74) is 2.20. The van der Waals surface area contributed by atoms with E-state index in [1.165, 1.54) is 28.8 Å². The Morgan fingerprint density at radius 3 is 2.59 bits per heavy atom. The number of carbonyl (C=O) groups excluding carboxylic acids is 1. The number of carbonyl (C=O) groups is 1. The molecule has 8 heteroatoms. The first-order chi connectivity index (χ1) is 15.4. The maximum Gasteiger partial charge on any atom is 0.270 e. The Morgan fingerprint density at radius 2 is 1.88 bits per heavy atom. The van der Waals surface area contributed by atoms with E-state index in [-0.39, 0.29) is 5.91 Å². The van der Waals surface area contributed by atoms with Crippen molar-refractivity contribution in [2.24, 2.45) is 0 Å². The molecule has 4 rings (SSSR count). The summed E-state index contributed by atoms with van der Waals surface area (Å²) in [6.45, 7) is 0.398. The topological polar surface area (TPSA) is 38.8 Å². The molecule has 32 heavy (non-hydrogen) atoms. The number of benzene rings is 3. The van der Waals surface area contributed by atoms with Crippen molar-refractivity contribution in [2.75, 3.05) is 12.0 Å². The third-order valence-corrected chi connectivity index (χ3v) is 6.48. The van der Waals surface area contributed by atoms with Crippen LogP contribution < -0.4 is 14.4 Å². The molecule has 1 aliphatic heterocycles. The zero-order valence-electron chi connectivity index (χ0n) is 16.9. The van der Waals surface area contributed by atoms with Gasteiger partial charge in [0.05, 0.1) is 17.7 Å². The monoisotopic (exact) mass is 529 g/mol. The molecule has 0 N–H and O–H groups in total. The van der Waals surface area contributed by atoms with Crippen LogP contribution in [0.5, 0.6) is 11.5 Å². The van der Waals surface area contributed by atoms with Crippen LogP contribution in [-0.2, 0) is 11.4 Å². The van der Waals surface area contributed by atoms with Crippen molar-refractivity contribution in [1.82, 2.24) is 0 Å². The van der Waals surface area contributed by atoms with Crippen molar-refractivity contribution in [3.63, 3.8) is 0 Å². The summed E-state index contributed by atoms with van der Waals surface area (Å²) in [4.78, 5) is 14.7. The van der Waals surface area contributed by atoms with Gasteiger partial charge in [-0.2, -0.15) is 0 Å². The van der Waals surface area contributed by atoms with Gasteiger partial charge in [-0.25, -0.2) is 4.39 Å². The van der Waals surface area contributed by atoms with Gasteiger partial charge in [0.1, 0.15) is 12.4 Å². The fraction of sp³-hybridized carbons (Fsp3) is 0.0833. The average molecular weight is 530 g/mol. The molecule has 1 fully saturated rings. The van der Waals surface area contributed by atoms with E-state index in [1.54, 1.807) is 37.5 Å². The highest BCUT2D eigenvalue weighted by Crippen LogP contribution is 2.37. The second-order valence-electron chi connectivity index (χ2n) is 6.82. The largest absolute Gasteiger partial charge is 0.493 e. The molecular weight excluding hydrogens is 513 g/mol. The maximum absolute atomic E-state index is 13.6. The highest BCUT2D eigenvalue weighted by Gasteiger charge is 2.33. The van der Waals surface area contributed by atoms with Crippen LogP contribution in [0.3, 0.4) is 0 Å². The number of hydrogen-bond acceptors (Lipinski definition) is 5. The smallest absolute Gasteiger partial charge is 0.270 e. The van der Waals surface area contributed by atoms with Gasteiger partial charge < -0.3 is 9.47 Å². The predicted octanol–water partition coefficient (Wildman–Crippen LogP) is 6.58. The van der Waals surface area contributed by atoms with Crippen molar-refractivity contribution in [1.29, 1.82) is 0 Å². The van der Waals surface area contributed by atoms with Gasteiger partial charge in [0.2, 0.25) is 0 Å². The number of nitrogens with zero attached hydrogens (tertiary/aromatic N) is 1. The van der Waals surface area contributed by atoms with Crippen LogP contribution >= 0.6 is 39.9 Å². The molecule has 0 bridgehead atoms. The molecule has 0 aromatic heterocycles. The van der Waals surface area contributed by atoms with Gasteiger partial charge in [0.25, 0.3) is 5.91 Å². The van der Waals surface area contributed by atoms with Crippen molar-refractivity contribution in [3.8, 4) is 11.5 Å². The van der Waals surface area contributed by atoms with Crippen molar-refractivity contribution >= 4 is 61.9 Å². The van der Waals surface area contributed by atoms with Gasteiger partial charge in [-0.1, -0.05) is 64.2 Å². The molecule has 0 unspecified atom stereocenters. The SMILES string of the molecule is COc1cc(/C=C2/SC(=S)N(c3cccc(F)c3)C2=O)ccc1OCc1ccc(Br)cc1. The summed E-state index contributed by atoms with van der Waals surface area (Å²) in [6.07, 6.45) is 1.74. The number of halogens is 2. The molecule has 0 spiro atoms. The van der Waals surface area contributed by atoms with E-state index >= 15 is 0 Å². The van der Waals surface area contributed by atoms with Crippen LogP contribution in [0.15, 0.2) is 76.1 Å². The normalized spacial score (nSPS) is 14.8. The highest BCUT2D eigenvalue weighted by molar-refractivity contribution is 9.10. The first kappa shape index (κ1) is 22.5. The number of ether oxygens (including phenoxy) is 2. The summed E-state index contributed by atoms with van der Waals surface area (Å²) >= 11 is 9.94. The summed E-state index contributed by atoms with van der Waals surface area (Å²) in [5, 5.41) is 0. The van der Waals surface area contributed by atoms with Crippen molar-refractivity contribution in [3.05, 3.63) is 93.1 Å². The summed E-state index contributed by atoms with van der Waals surface area (Å²) < 4.78 is 26.3. The van der Waals surface area contributed by atoms with Crippen molar-refractivity contribution < 1.29 is 18.7 Å². The van der Waals surface area contributed by atoms with E-state index < -0.39 is 5.82 Å². The van der Waals surface area contributed by atoms with Crippen LogP contribution in [0, 0.1) is 5.82 Å². The molecule has 1 heterocycles. The Kier molecular flexibility index (Phi) is 6.93. The minimum Gasteiger partial charge on any atom is -0.493 e. The molecule has 0 saturated carbocycles. The fourth-order valence-corrected chi connectivity index (χ4v) is 4.66. The van der Waals surface area contributed by atoms with Crippen LogP contribution in [0.2, 0.25) is 0 Å². The molecule has 3 aromatic carbocycles. The van der Waals surface area contributed by atoms with Gasteiger partial charge in [-0.05, 0) is 59.7 Å². The third kappa shape index (κ3) is 5.03. The number of amides is 1. The lowest BCUT2D eigenvalue weighted by atomic mass is 10.1. The maximum atomic E-state index is 13.6. The lowest BCUT2D eigenvalue weighted by Gasteiger charge is -2.14. The number of thiocarbonyl (C=S) groups is 1. The molecule has 0 atom stereocenters. The van der Waals surface area contributed by atoms with E-state index in [9.17, 15) is 9.18 Å². The standard InChI is InChI=1S/C24H17BrFNO3S2/c1-29-21-11-16(7-10-20(21)30-14-15-5-8-17(25)9-6-15)12-22-23(28)27(24(31)32-22)19-4-2-3-18(26)13-19/h2-13H,14H2,1H3/b22-12+. The molecule has 1 aliphatic rings. The number of methoxy groups -OCH3 is 1. The van der Waals surface area contributed by atoms with E-state index in [2.05, 4.69) is 15.9 Å². The van der Waals surface area contributed by atoms with Gasteiger partial charge >= 0.3 is 0 Å². The summed E-state index contributed by atoms with van der Waals surface area (Å²) in [6, 6.07) is 19.1. The lowest BCUT2D eigenvalue weighted by Crippen LogP contribution is -2.27. The molecular formula is C24H17BrFNO3S2. The van der Waals surface area contributed by atoms with Gasteiger partial charge in [-0.3, -0.25) is 9.69 Å². The molecule has 162 valence electrons. The quantitative estimate of drug-likeness (QED) is 0.266.